The van der Waals surface area contributed by atoms with Crippen LogP contribution in [0.4, 0.5) is 4.79 Å². The number of aromatic nitrogens is 1. The molecule has 0 saturated carbocycles. The second-order valence-corrected chi connectivity index (χ2v) is 7.49. The van der Waals surface area contributed by atoms with E-state index in [1.165, 1.54) is 27.3 Å². The number of benzene rings is 2. The van der Waals surface area contributed by atoms with Gasteiger partial charge in [0.25, 0.3) is 11.8 Å². The Morgan fingerprint density at radius 3 is 2.34 bits per heavy atom. The van der Waals surface area contributed by atoms with Gasteiger partial charge in [0.15, 0.2) is 0 Å². The number of methoxy groups -OCH3 is 1. The fraction of sp³-hybridized carbons (Fsp3) is 0.167. The number of imide groups is 2. The summed E-state index contributed by atoms with van der Waals surface area (Å²) in [6.07, 6.45) is 3.37. The van der Waals surface area contributed by atoms with E-state index < -0.39 is 23.8 Å². The number of nitrogens with zero attached hydrogens (tertiary/aromatic N) is 3. The third-order valence-corrected chi connectivity index (χ3v) is 5.46. The number of likely N-dealkylation sites (N-methyl/N-ethyl adjacent to an activating group) is 2. The van der Waals surface area contributed by atoms with Crippen molar-refractivity contribution in [3.63, 3.8) is 0 Å². The van der Waals surface area contributed by atoms with Crippen molar-refractivity contribution in [1.29, 1.82) is 0 Å². The van der Waals surface area contributed by atoms with Crippen molar-refractivity contribution in [2.24, 2.45) is 0 Å². The summed E-state index contributed by atoms with van der Waals surface area (Å²) in [5.74, 6) is -1.69. The first kappa shape index (κ1) is 21.0. The van der Waals surface area contributed by atoms with Gasteiger partial charge in [0.1, 0.15) is 5.57 Å². The average Bonchev–Trinajstić information content (AvgIpc) is 3.16. The van der Waals surface area contributed by atoms with E-state index in [0.29, 0.717) is 17.7 Å². The van der Waals surface area contributed by atoms with Gasteiger partial charge in [-0.25, -0.2) is 9.59 Å². The summed E-state index contributed by atoms with van der Waals surface area (Å²) in [6, 6.07) is 14.1. The minimum Gasteiger partial charge on any atom is -0.465 e. The van der Waals surface area contributed by atoms with Crippen LogP contribution in [0, 0.1) is 0 Å². The molecule has 1 aliphatic rings. The number of hydrogen-bond acceptors (Lipinski definition) is 5. The van der Waals surface area contributed by atoms with Gasteiger partial charge < -0.3 is 9.30 Å². The number of hydrogen-bond donors (Lipinski definition) is 0. The SMILES string of the molecule is COC(=O)c1cccc(Cn2cc(C=C3C(=O)N(C)C(=O)N(C)C3=O)c3ccccc32)c1. The van der Waals surface area contributed by atoms with E-state index in [1.807, 2.05) is 41.1 Å². The maximum absolute atomic E-state index is 12.6. The molecule has 4 amide bonds. The van der Waals surface area contributed by atoms with Crippen molar-refractivity contribution in [3.05, 3.63) is 77.0 Å². The van der Waals surface area contributed by atoms with Gasteiger partial charge in [-0.1, -0.05) is 30.3 Å². The molecule has 1 saturated heterocycles. The molecule has 162 valence electrons. The van der Waals surface area contributed by atoms with E-state index in [-0.39, 0.29) is 5.57 Å². The lowest BCUT2D eigenvalue weighted by atomic mass is 10.1. The second-order valence-electron chi connectivity index (χ2n) is 7.49. The van der Waals surface area contributed by atoms with Crippen LogP contribution in [0.3, 0.4) is 0 Å². The molecular weight excluding hydrogens is 410 g/mol. The van der Waals surface area contributed by atoms with Crippen molar-refractivity contribution < 1.29 is 23.9 Å². The van der Waals surface area contributed by atoms with Crippen molar-refractivity contribution >= 4 is 40.8 Å². The van der Waals surface area contributed by atoms with Crippen LogP contribution < -0.4 is 0 Å². The summed E-state index contributed by atoms with van der Waals surface area (Å²) in [5, 5.41) is 0.854. The Kier molecular flexibility index (Phi) is 5.36. The first-order valence-electron chi connectivity index (χ1n) is 9.88. The number of amides is 4. The maximum Gasteiger partial charge on any atom is 0.337 e. The molecule has 0 unspecified atom stereocenters. The summed E-state index contributed by atoms with van der Waals surface area (Å²) in [5.41, 5.74) is 2.85. The predicted octanol–water partition coefficient (Wildman–Crippen LogP) is 2.91. The van der Waals surface area contributed by atoms with Crippen molar-refractivity contribution in [2.45, 2.75) is 6.54 Å². The molecule has 2 aromatic carbocycles. The highest BCUT2D eigenvalue weighted by molar-refractivity contribution is 6.31. The molecule has 3 aromatic rings. The van der Waals surface area contributed by atoms with Crippen molar-refractivity contribution in [2.75, 3.05) is 21.2 Å². The molecule has 0 atom stereocenters. The van der Waals surface area contributed by atoms with E-state index in [9.17, 15) is 19.2 Å². The highest BCUT2D eigenvalue weighted by Gasteiger charge is 2.37. The molecule has 1 aliphatic heterocycles. The molecule has 0 radical (unpaired) electrons. The van der Waals surface area contributed by atoms with E-state index in [1.54, 1.807) is 18.2 Å². The van der Waals surface area contributed by atoms with Gasteiger partial charge in [0.05, 0.1) is 12.7 Å². The molecule has 0 bridgehead atoms. The highest BCUT2D eigenvalue weighted by atomic mass is 16.5. The molecule has 0 spiro atoms. The van der Waals surface area contributed by atoms with E-state index >= 15 is 0 Å². The van der Waals surface area contributed by atoms with Crippen LogP contribution in [-0.4, -0.2) is 59.4 Å². The van der Waals surface area contributed by atoms with Crippen LogP contribution in [0.1, 0.15) is 21.5 Å². The monoisotopic (exact) mass is 431 g/mol. The Balaban J connectivity index is 1.77. The Hall–Kier alpha value is -4.20. The first-order valence-corrected chi connectivity index (χ1v) is 9.88. The molecule has 0 N–H and O–H groups in total. The molecule has 2 heterocycles. The number of ether oxygens (including phenoxy) is 1. The zero-order chi connectivity index (χ0) is 23.0. The lowest BCUT2D eigenvalue weighted by Gasteiger charge is -2.28. The fourth-order valence-corrected chi connectivity index (χ4v) is 3.76. The summed E-state index contributed by atoms with van der Waals surface area (Å²) >= 11 is 0. The minimum atomic E-state index is -0.662. The number of para-hydroxylation sites is 1. The van der Waals surface area contributed by atoms with Gasteiger partial charge in [-0.2, -0.15) is 0 Å². The quantitative estimate of drug-likeness (QED) is 0.360. The largest absolute Gasteiger partial charge is 0.465 e. The standard InChI is InChI=1S/C24H21N3O5/c1-25-21(28)19(22(29)26(2)24(25)31)12-17-14-27(20-10-5-4-9-18(17)20)13-15-7-6-8-16(11-15)23(30)32-3/h4-12,14H,13H2,1-3H3. The van der Waals surface area contributed by atoms with E-state index in [2.05, 4.69) is 0 Å². The summed E-state index contributed by atoms with van der Waals surface area (Å²) in [4.78, 5) is 50.9. The molecular formula is C24H21N3O5. The Bertz CT molecular complexity index is 1280. The van der Waals surface area contributed by atoms with Gasteiger partial charge >= 0.3 is 12.0 Å². The van der Waals surface area contributed by atoms with Crippen LogP contribution in [0.25, 0.3) is 17.0 Å². The van der Waals surface area contributed by atoms with Crippen molar-refractivity contribution in [3.8, 4) is 0 Å². The third kappa shape index (κ3) is 3.56. The lowest BCUT2D eigenvalue weighted by molar-refractivity contribution is -0.134. The lowest BCUT2D eigenvalue weighted by Crippen LogP contribution is -2.52. The molecule has 8 heteroatoms. The predicted molar refractivity (Wildman–Crippen MR) is 118 cm³/mol. The topological polar surface area (TPSA) is 88.9 Å². The maximum atomic E-state index is 12.6. The van der Waals surface area contributed by atoms with Gasteiger partial charge in [-0.3, -0.25) is 19.4 Å². The number of carbonyl (C=O) groups is 4. The number of urea groups is 1. The van der Waals surface area contributed by atoms with Gasteiger partial charge in [-0.15, -0.1) is 0 Å². The molecule has 1 aromatic heterocycles. The number of esters is 1. The Morgan fingerprint density at radius 1 is 0.969 bits per heavy atom. The zero-order valence-electron chi connectivity index (χ0n) is 17.9. The summed E-state index contributed by atoms with van der Waals surface area (Å²) < 4.78 is 6.78. The van der Waals surface area contributed by atoms with Crippen LogP contribution in [0.15, 0.2) is 60.3 Å². The van der Waals surface area contributed by atoms with Gasteiger partial charge in [0, 0.05) is 43.3 Å². The average molecular weight is 431 g/mol. The van der Waals surface area contributed by atoms with Crippen LogP contribution in [0.5, 0.6) is 0 Å². The minimum absolute atomic E-state index is 0.0785. The first-order chi connectivity index (χ1) is 15.3. The number of fused-ring (bicyclic) bond motifs is 1. The van der Waals surface area contributed by atoms with Crippen LogP contribution in [-0.2, 0) is 20.9 Å². The number of carbonyl (C=O) groups excluding carboxylic acids is 4. The van der Waals surface area contributed by atoms with Crippen molar-refractivity contribution in [1.82, 2.24) is 14.4 Å². The van der Waals surface area contributed by atoms with Crippen LogP contribution >= 0.6 is 0 Å². The molecule has 0 aliphatic carbocycles. The molecule has 1 fully saturated rings. The third-order valence-electron chi connectivity index (χ3n) is 5.46. The smallest absolute Gasteiger partial charge is 0.337 e. The molecule has 8 nitrogen and oxygen atoms in total. The summed E-state index contributed by atoms with van der Waals surface area (Å²) in [7, 11) is 4.03. The Labute approximate surface area is 184 Å². The Morgan fingerprint density at radius 2 is 1.66 bits per heavy atom. The van der Waals surface area contributed by atoms with E-state index in [0.717, 1.165) is 26.3 Å². The number of barbiturate groups is 1. The van der Waals surface area contributed by atoms with Crippen LogP contribution in [0.2, 0.25) is 0 Å². The highest BCUT2D eigenvalue weighted by Crippen LogP contribution is 2.26. The molecule has 32 heavy (non-hydrogen) atoms. The number of rotatable bonds is 4. The zero-order valence-corrected chi connectivity index (χ0v) is 17.9. The summed E-state index contributed by atoms with van der Waals surface area (Å²) in [6.45, 7) is 0.467. The van der Waals surface area contributed by atoms with Gasteiger partial charge in [0.2, 0.25) is 0 Å². The fourth-order valence-electron chi connectivity index (χ4n) is 3.76. The normalized spacial score (nSPS) is 14.3. The van der Waals surface area contributed by atoms with Gasteiger partial charge in [-0.05, 0) is 29.8 Å². The second kappa shape index (κ2) is 8.14. The molecule has 4 rings (SSSR count). The van der Waals surface area contributed by atoms with E-state index in [4.69, 9.17) is 4.74 Å².